The van der Waals surface area contributed by atoms with Crippen molar-refractivity contribution in [1.29, 1.82) is 0 Å². The molecule has 1 aliphatic rings. The first-order chi connectivity index (χ1) is 17.4. The molecule has 4 rings (SSSR count). The van der Waals surface area contributed by atoms with Crippen LogP contribution in [0, 0.1) is 0 Å². The van der Waals surface area contributed by atoms with Gasteiger partial charge in [-0.25, -0.2) is 14.4 Å². The molecule has 9 heteroatoms. The summed E-state index contributed by atoms with van der Waals surface area (Å²) in [6.45, 7) is -0.366. The summed E-state index contributed by atoms with van der Waals surface area (Å²) in [5.41, 5.74) is 0.742. The van der Waals surface area contributed by atoms with Crippen LogP contribution in [0.5, 0.6) is 0 Å². The molecule has 4 atom stereocenters. The highest BCUT2D eigenvalue weighted by Gasteiger charge is 2.49. The number of ether oxygens (including phenoxy) is 4. The van der Waals surface area contributed by atoms with Crippen molar-refractivity contribution in [3.63, 3.8) is 0 Å². The van der Waals surface area contributed by atoms with Gasteiger partial charge >= 0.3 is 17.9 Å². The Morgan fingerprint density at radius 3 is 1.64 bits per heavy atom. The van der Waals surface area contributed by atoms with Crippen molar-refractivity contribution in [2.75, 3.05) is 6.61 Å². The summed E-state index contributed by atoms with van der Waals surface area (Å²) < 4.78 is 22.2. The zero-order valence-corrected chi connectivity index (χ0v) is 20.4. The number of halogens is 1. The van der Waals surface area contributed by atoms with Crippen LogP contribution in [0.4, 0.5) is 0 Å². The number of carbonyl (C=O) groups excluding carboxylic acids is 4. The maximum Gasteiger partial charge on any atom is 0.338 e. The van der Waals surface area contributed by atoms with Crippen molar-refractivity contribution in [1.82, 2.24) is 0 Å². The number of ketones is 1. The minimum atomic E-state index is -1.51. The van der Waals surface area contributed by atoms with E-state index in [-0.39, 0.29) is 17.7 Å². The fourth-order valence-corrected chi connectivity index (χ4v) is 4.06. The Balaban J connectivity index is 1.58. The predicted molar refractivity (Wildman–Crippen MR) is 131 cm³/mol. The Morgan fingerprint density at radius 1 is 0.694 bits per heavy atom. The van der Waals surface area contributed by atoms with Crippen molar-refractivity contribution in [3.05, 3.63) is 108 Å². The van der Waals surface area contributed by atoms with Crippen LogP contribution in [0.1, 0.15) is 31.1 Å². The van der Waals surface area contributed by atoms with Crippen LogP contribution in [0.2, 0.25) is 0 Å². The van der Waals surface area contributed by atoms with Gasteiger partial charge in [0.1, 0.15) is 12.7 Å². The molecule has 36 heavy (non-hydrogen) atoms. The molecule has 3 aromatic rings. The summed E-state index contributed by atoms with van der Waals surface area (Å²) in [5.74, 6) is -2.83. The molecule has 0 unspecified atom stereocenters. The van der Waals surface area contributed by atoms with Crippen LogP contribution in [-0.4, -0.2) is 53.6 Å². The third kappa shape index (κ3) is 6.05. The summed E-state index contributed by atoms with van der Waals surface area (Å²) in [6, 6.07) is 24.5. The highest BCUT2D eigenvalue weighted by Crippen LogP contribution is 2.28. The SMILES string of the molecule is O=C(OC[C@H]1O[C@H](Br)C(=O)[C@@H](OC(=O)c2ccccc2)[C@@H]1OC(=O)c1ccccc1)c1ccccc1. The zero-order valence-electron chi connectivity index (χ0n) is 18.8. The molecule has 0 N–H and O–H groups in total. The zero-order chi connectivity index (χ0) is 25.5. The molecule has 0 aromatic heterocycles. The van der Waals surface area contributed by atoms with E-state index in [1.807, 2.05) is 0 Å². The lowest BCUT2D eigenvalue weighted by molar-refractivity contribution is -0.176. The van der Waals surface area contributed by atoms with Gasteiger partial charge in [0.2, 0.25) is 11.9 Å². The number of hydrogen-bond acceptors (Lipinski definition) is 8. The van der Waals surface area contributed by atoms with Crippen LogP contribution in [0.15, 0.2) is 91.0 Å². The van der Waals surface area contributed by atoms with Crippen molar-refractivity contribution in [2.24, 2.45) is 0 Å². The van der Waals surface area contributed by atoms with Crippen LogP contribution in [0.3, 0.4) is 0 Å². The van der Waals surface area contributed by atoms with Gasteiger partial charge in [0.05, 0.1) is 16.7 Å². The molecule has 8 nitrogen and oxygen atoms in total. The molecule has 1 aliphatic heterocycles. The fourth-order valence-electron chi connectivity index (χ4n) is 3.52. The number of rotatable bonds is 7. The largest absolute Gasteiger partial charge is 0.459 e. The third-order valence-corrected chi connectivity index (χ3v) is 6.01. The molecule has 0 amide bonds. The van der Waals surface area contributed by atoms with Crippen molar-refractivity contribution < 1.29 is 38.1 Å². The van der Waals surface area contributed by atoms with Gasteiger partial charge in [-0.3, -0.25) is 4.79 Å². The van der Waals surface area contributed by atoms with E-state index < -0.39 is 47.0 Å². The Bertz CT molecular complexity index is 1220. The Hall–Kier alpha value is -3.82. The summed E-state index contributed by atoms with van der Waals surface area (Å²) in [6.07, 6.45) is -4.00. The molecule has 0 aliphatic carbocycles. The van der Waals surface area contributed by atoms with Crippen molar-refractivity contribution >= 4 is 39.6 Å². The van der Waals surface area contributed by atoms with Gasteiger partial charge in [0, 0.05) is 0 Å². The molecule has 0 bridgehead atoms. The molecule has 1 fully saturated rings. The minimum absolute atomic E-state index is 0.211. The topological polar surface area (TPSA) is 105 Å². The second kappa shape index (κ2) is 11.7. The molecular formula is C27H21BrO8. The number of carbonyl (C=O) groups is 4. The maximum atomic E-state index is 13.0. The number of benzene rings is 3. The molecule has 3 aromatic carbocycles. The van der Waals surface area contributed by atoms with Gasteiger partial charge in [-0.05, 0) is 52.3 Å². The first-order valence-corrected chi connectivity index (χ1v) is 11.9. The van der Waals surface area contributed by atoms with E-state index in [9.17, 15) is 19.2 Å². The quantitative estimate of drug-likeness (QED) is 0.246. The van der Waals surface area contributed by atoms with Crippen LogP contribution >= 0.6 is 15.9 Å². The van der Waals surface area contributed by atoms with Crippen molar-refractivity contribution in [3.8, 4) is 0 Å². The van der Waals surface area contributed by atoms with E-state index in [0.29, 0.717) is 5.56 Å². The monoisotopic (exact) mass is 552 g/mol. The van der Waals surface area contributed by atoms with E-state index in [2.05, 4.69) is 15.9 Å². The fraction of sp³-hybridized carbons (Fsp3) is 0.185. The van der Waals surface area contributed by atoms with Gasteiger partial charge in [-0.15, -0.1) is 0 Å². The first kappa shape index (κ1) is 25.3. The standard InChI is InChI=1S/C27H21BrO8/c28-24-21(29)23(36-27(32)19-14-8-3-9-15-19)22(35-26(31)18-12-6-2-7-13-18)20(34-24)16-33-25(30)17-10-4-1-5-11-17/h1-15,20,22-24H,16H2/t20-,22-,23-,24+/m1/s1. The van der Waals surface area contributed by atoms with E-state index >= 15 is 0 Å². The number of Topliss-reactive ketones (excluding diaryl/α,β-unsaturated/α-hetero) is 1. The second-order valence-electron chi connectivity index (χ2n) is 7.79. The Labute approximate surface area is 215 Å². The summed E-state index contributed by atoms with van der Waals surface area (Å²) in [5, 5.41) is -1.18. The molecule has 0 radical (unpaired) electrons. The minimum Gasteiger partial charge on any atom is -0.459 e. The van der Waals surface area contributed by atoms with Gasteiger partial charge in [0.15, 0.2) is 11.1 Å². The average Bonchev–Trinajstić information content (AvgIpc) is 2.92. The molecule has 0 saturated carbocycles. The van der Waals surface area contributed by atoms with Gasteiger partial charge in [-0.1, -0.05) is 54.6 Å². The third-order valence-electron chi connectivity index (χ3n) is 5.35. The highest BCUT2D eigenvalue weighted by atomic mass is 79.9. The molecule has 1 saturated heterocycles. The molecular weight excluding hydrogens is 532 g/mol. The van der Waals surface area contributed by atoms with E-state index in [0.717, 1.165) is 0 Å². The highest BCUT2D eigenvalue weighted by molar-refractivity contribution is 9.09. The number of esters is 3. The molecule has 0 spiro atoms. The van der Waals surface area contributed by atoms with E-state index in [4.69, 9.17) is 18.9 Å². The average molecular weight is 553 g/mol. The smallest absolute Gasteiger partial charge is 0.338 e. The van der Waals surface area contributed by atoms with Gasteiger partial charge in [-0.2, -0.15) is 0 Å². The summed E-state index contributed by atoms with van der Waals surface area (Å²) in [4.78, 5) is 51.1. The predicted octanol–water partition coefficient (Wildman–Crippen LogP) is 3.98. The maximum absolute atomic E-state index is 13.0. The van der Waals surface area contributed by atoms with Gasteiger partial charge in [0.25, 0.3) is 0 Å². The normalized spacial score (nSPS) is 21.3. The van der Waals surface area contributed by atoms with Crippen LogP contribution in [-0.2, 0) is 23.7 Å². The first-order valence-electron chi connectivity index (χ1n) is 11.0. The van der Waals surface area contributed by atoms with Crippen LogP contribution < -0.4 is 0 Å². The van der Waals surface area contributed by atoms with Gasteiger partial charge < -0.3 is 18.9 Å². The lowest BCUT2D eigenvalue weighted by Gasteiger charge is -2.37. The molecule has 1 heterocycles. The summed E-state index contributed by atoms with van der Waals surface area (Å²) >= 11 is 3.13. The Morgan fingerprint density at radius 2 is 1.14 bits per heavy atom. The summed E-state index contributed by atoms with van der Waals surface area (Å²) in [7, 11) is 0. The Kier molecular flexibility index (Phi) is 8.24. The van der Waals surface area contributed by atoms with E-state index in [1.165, 1.54) is 24.3 Å². The van der Waals surface area contributed by atoms with Crippen molar-refractivity contribution in [2.45, 2.75) is 23.3 Å². The lowest BCUT2D eigenvalue weighted by atomic mass is 10.0. The number of hydrogen-bond donors (Lipinski definition) is 0. The lowest BCUT2D eigenvalue weighted by Crippen LogP contribution is -2.58. The van der Waals surface area contributed by atoms with E-state index in [1.54, 1.807) is 66.7 Å². The molecule has 184 valence electrons. The van der Waals surface area contributed by atoms with Crippen LogP contribution in [0.25, 0.3) is 0 Å². The second-order valence-corrected chi connectivity index (χ2v) is 8.62. The number of alkyl halides is 1.